The molecular weight excluding hydrogens is 220 g/mol. The molecule has 3 atom stereocenters. The van der Waals surface area contributed by atoms with Gasteiger partial charge in [0.15, 0.2) is 0 Å². The van der Waals surface area contributed by atoms with Crippen LogP contribution in [-0.4, -0.2) is 22.4 Å². The van der Waals surface area contributed by atoms with Crippen molar-refractivity contribution >= 4 is 5.97 Å². The van der Waals surface area contributed by atoms with Crippen LogP contribution < -0.4 is 0 Å². The van der Waals surface area contributed by atoms with Crippen LogP contribution in [0.4, 0.5) is 0 Å². The standard InChI is InChI=1S/C13H22O4/c1-9-8-13(5,17-15)7-6-11(9)12(3,4)16-10(2)14/h6-7,9,11,15H,8H2,1-5H3/t9?,11?,13-/m0/s1. The Hall–Kier alpha value is -0.870. The Morgan fingerprint density at radius 1 is 1.53 bits per heavy atom. The maximum absolute atomic E-state index is 11.1. The van der Waals surface area contributed by atoms with Gasteiger partial charge in [0.25, 0.3) is 0 Å². The van der Waals surface area contributed by atoms with Gasteiger partial charge in [-0.1, -0.05) is 19.1 Å². The van der Waals surface area contributed by atoms with Crippen molar-refractivity contribution in [2.45, 2.75) is 52.2 Å². The summed E-state index contributed by atoms with van der Waals surface area (Å²) in [4.78, 5) is 15.6. The van der Waals surface area contributed by atoms with E-state index in [-0.39, 0.29) is 17.8 Å². The van der Waals surface area contributed by atoms with E-state index in [1.54, 1.807) is 0 Å². The molecule has 4 nitrogen and oxygen atoms in total. The zero-order valence-corrected chi connectivity index (χ0v) is 11.2. The Labute approximate surface area is 103 Å². The van der Waals surface area contributed by atoms with Crippen LogP contribution in [0.3, 0.4) is 0 Å². The van der Waals surface area contributed by atoms with Gasteiger partial charge < -0.3 is 4.74 Å². The highest BCUT2D eigenvalue weighted by Crippen LogP contribution is 2.39. The zero-order valence-electron chi connectivity index (χ0n) is 11.2. The number of hydrogen-bond donors (Lipinski definition) is 1. The molecule has 1 aliphatic carbocycles. The van der Waals surface area contributed by atoms with Crippen molar-refractivity contribution in [3.8, 4) is 0 Å². The fraction of sp³-hybridized carbons (Fsp3) is 0.769. The molecule has 1 aliphatic rings. The Kier molecular flexibility index (Phi) is 3.99. The van der Waals surface area contributed by atoms with E-state index in [2.05, 4.69) is 11.8 Å². The smallest absolute Gasteiger partial charge is 0.303 e. The third-order valence-electron chi connectivity index (χ3n) is 3.41. The van der Waals surface area contributed by atoms with Gasteiger partial charge in [0, 0.05) is 12.8 Å². The molecule has 0 radical (unpaired) electrons. The molecule has 0 saturated carbocycles. The second kappa shape index (κ2) is 4.78. The van der Waals surface area contributed by atoms with Crippen LogP contribution in [0.15, 0.2) is 12.2 Å². The van der Waals surface area contributed by atoms with Crippen LogP contribution in [0.5, 0.6) is 0 Å². The van der Waals surface area contributed by atoms with Gasteiger partial charge in [-0.25, -0.2) is 4.89 Å². The van der Waals surface area contributed by atoms with Crippen molar-refractivity contribution in [2.75, 3.05) is 0 Å². The quantitative estimate of drug-likeness (QED) is 0.358. The molecular formula is C13H22O4. The molecule has 0 spiro atoms. The van der Waals surface area contributed by atoms with Gasteiger partial charge >= 0.3 is 5.97 Å². The second-order valence-electron chi connectivity index (χ2n) is 5.67. The van der Waals surface area contributed by atoms with Crippen molar-refractivity contribution in [1.82, 2.24) is 0 Å². The first-order valence-corrected chi connectivity index (χ1v) is 5.92. The molecule has 0 heterocycles. The second-order valence-corrected chi connectivity index (χ2v) is 5.67. The minimum atomic E-state index is -0.637. The summed E-state index contributed by atoms with van der Waals surface area (Å²) in [5.74, 6) is 0.100. The van der Waals surface area contributed by atoms with E-state index in [0.29, 0.717) is 6.42 Å². The largest absolute Gasteiger partial charge is 0.459 e. The highest BCUT2D eigenvalue weighted by atomic mass is 17.1. The van der Waals surface area contributed by atoms with Crippen LogP contribution in [0, 0.1) is 11.8 Å². The molecule has 2 unspecified atom stereocenters. The molecule has 0 fully saturated rings. The summed E-state index contributed by atoms with van der Waals surface area (Å²) in [6.07, 6.45) is 4.49. The summed E-state index contributed by atoms with van der Waals surface area (Å²) >= 11 is 0. The Balaban J connectivity index is 2.87. The lowest BCUT2D eigenvalue weighted by Crippen LogP contribution is -2.44. The van der Waals surface area contributed by atoms with Gasteiger partial charge in [-0.05, 0) is 33.1 Å². The lowest BCUT2D eigenvalue weighted by atomic mass is 9.72. The molecule has 0 aliphatic heterocycles. The maximum atomic E-state index is 11.1. The third kappa shape index (κ3) is 3.30. The molecule has 4 heteroatoms. The normalized spacial score (nSPS) is 33.5. The molecule has 17 heavy (non-hydrogen) atoms. The SMILES string of the molecule is CC(=O)OC(C)(C)C1C=C[C@](C)(OO)CC1C. The summed E-state index contributed by atoms with van der Waals surface area (Å²) < 4.78 is 5.36. The highest BCUT2D eigenvalue weighted by molar-refractivity contribution is 5.66. The number of hydrogen-bond acceptors (Lipinski definition) is 4. The number of rotatable bonds is 3. The molecule has 0 bridgehead atoms. The van der Waals surface area contributed by atoms with Gasteiger partial charge in [-0.2, -0.15) is 0 Å². The lowest BCUT2D eigenvalue weighted by molar-refractivity contribution is -0.308. The lowest BCUT2D eigenvalue weighted by Gasteiger charge is -2.41. The average Bonchev–Trinajstić information content (AvgIpc) is 2.15. The minimum absolute atomic E-state index is 0.120. The molecule has 1 rings (SSSR count). The third-order valence-corrected chi connectivity index (χ3v) is 3.41. The molecule has 0 saturated heterocycles. The summed E-state index contributed by atoms with van der Waals surface area (Å²) in [6, 6.07) is 0. The monoisotopic (exact) mass is 242 g/mol. The number of carbonyl (C=O) groups excluding carboxylic acids is 1. The first-order valence-electron chi connectivity index (χ1n) is 5.92. The van der Waals surface area contributed by atoms with E-state index in [0.717, 1.165) is 0 Å². The Morgan fingerprint density at radius 3 is 2.53 bits per heavy atom. The van der Waals surface area contributed by atoms with Crippen LogP contribution in [0.1, 0.15) is 41.0 Å². The highest BCUT2D eigenvalue weighted by Gasteiger charge is 2.41. The van der Waals surface area contributed by atoms with Crippen LogP contribution in [0.2, 0.25) is 0 Å². The van der Waals surface area contributed by atoms with E-state index in [1.165, 1.54) is 6.92 Å². The van der Waals surface area contributed by atoms with E-state index in [9.17, 15) is 4.79 Å². The summed E-state index contributed by atoms with van der Waals surface area (Å²) in [5.41, 5.74) is -1.18. The first-order chi connectivity index (χ1) is 7.70. The van der Waals surface area contributed by atoms with Crippen molar-refractivity contribution in [3.63, 3.8) is 0 Å². The Bertz CT molecular complexity index is 321. The van der Waals surface area contributed by atoms with Gasteiger partial charge in [-0.15, -0.1) is 0 Å². The van der Waals surface area contributed by atoms with Crippen LogP contribution >= 0.6 is 0 Å². The molecule has 0 aromatic heterocycles. The average molecular weight is 242 g/mol. The fourth-order valence-corrected chi connectivity index (χ4v) is 2.75. The fourth-order valence-electron chi connectivity index (χ4n) is 2.75. The van der Waals surface area contributed by atoms with E-state index in [4.69, 9.17) is 9.99 Å². The zero-order chi connectivity index (χ0) is 13.3. The molecule has 0 aromatic rings. The van der Waals surface area contributed by atoms with E-state index >= 15 is 0 Å². The maximum Gasteiger partial charge on any atom is 0.303 e. The molecule has 0 amide bonds. The molecule has 98 valence electrons. The number of carbonyl (C=O) groups is 1. The first kappa shape index (κ1) is 14.2. The molecule has 1 N–H and O–H groups in total. The van der Waals surface area contributed by atoms with E-state index < -0.39 is 11.2 Å². The van der Waals surface area contributed by atoms with Gasteiger partial charge in [-0.3, -0.25) is 10.1 Å². The minimum Gasteiger partial charge on any atom is -0.459 e. The predicted molar refractivity (Wildman–Crippen MR) is 64.4 cm³/mol. The van der Waals surface area contributed by atoms with Crippen LogP contribution in [-0.2, 0) is 14.4 Å². The summed E-state index contributed by atoms with van der Waals surface area (Å²) in [7, 11) is 0. The van der Waals surface area contributed by atoms with Gasteiger partial charge in [0.1, 0.15) is 11.2 Å². The van der Waals surface area contributed by atoms with Gasteiger partial charge in [0.2, 0.25) is 0 Å². The van der Waals surface area contributed by atoms with Crippen molar-refractivity contribution in [2.24, 2.45) is 11.8 Å². The van der Waals surface area contributed by atoms with Crippen LogP contribution in [0.25, 0.3) is 0 Å². The van der Waals surface area contributed by atoms with Crippen molar-refractivity contribution in [3.05, 3.63) is 12.2 Å². The van der Waals surface area contributed by atoms with Gasteiger partial charge in [0.05, 0.1) is 0 Å². The topological polar surface area (TPSA) is 55.8 Å². The van der Waals surface area contributed by atoms with E-state index in [1.807, 2.05) is 32.9 Å². The Morgan fingerprint density at radius 2 is 2.12 bits per heavy atom. The summed E-state index contributed by atoms with van der Waals surface area (Å²) in [5, 5.41) is 8.87. The van der Waals surface area contributed by atoms with Crippen molar-refractivity contribution < 1.29 is 19.7 Å². The van der Waals surface area contributed by atoms with Crippen molar-refractivity contribution in [1.29, 1.82) is 0 Å². The molecule has 0 aromatic carbocycles. The number of ether oxygens (including phenoxy) is 1. The number of esters is 1. The predicted octanol–water partition coefficient (Wildman–Crippen LogP) is 2.79. The summed E-state index contributed by atoms with van der Waals surface area (Å²) in [6.45, 7) is 9.12.